The Hall–Kier alpha value is -0.430. The molecule has 0 radical (unpaired) electrons. The van der Waals surface area contributed by atoms with Crippen LogP contribution in [0.4, 0.5) is 0 Å². The van der Waals surface area contributed by atoms with Crippen LogP contribution in [0.25, 0.3) is 0 Å². The second-order valence-electron chi connectivity index (χ2n) is 5.34. The SMILES string of the molecule is CC1(NS(=O)(=O)c2ccc(CN)cc2Br)CCCC1. The molecule has 1 aliphatic rings. The van der Waals surface area contributed by atoms with Crippen LogP contribution in [-0.2, 0) is 16.6 Å². The van der Waals surface area contributed by atoms with Gasteiger partial charge in [0, 0.05) is 16.6 Å². The maximum Gasteiger partial charge on any atom is 0.242 e. The van der Waals surface area contributed by atoms with E-state index in [4.69, 9.17) is 5.73 Å². The number of rotatable bonds is 4. The van der Waals surface area contributed by atoms with Crippen molar-refractivity contribution in [3.63, 3.8) is 0 Å². The van der Waals surface area contributed by atoms with E-state index in [2.05, 4.69) is 20.7 Å². The Labute approximate surface area is 122 Å². The fraction of sp³-hybridized carbons (Fsp3) is 0.538. The molecular formula is C13H19BrN2O2S. The summed E-state index contributed by atoms with van der Waals surface area (Å²) in [6.07, 6.45) is 3.94. The van der Waals surface area contributed by atoms with E-state index < -0.39 is 10.0 Å². The van der Waals surface area contributed by atoms with Crippen molar-refractivity contribution in [1.82, 2.24) is 4.72 Å². The second kappa shape index (κ2) is 5.52. The average molecular weight is 347 g/mol. The van der Waals surface area contributed by atoms with Crippen molar-refractivity contribution in [1.29, 1.82) is 0 Å². The normalized spacial score (nSPS) is 18.7. The zero-order valence-electron chi connectivity index (χ0n) is 10.9. The van der Waals surface area contributed by atoms with Gasteiger partial charge in [-0.2, -0.15) is 0 Å². The molecule has 0 heterocycles. The van der Waals surface area contributed by atoms with Crippen LogP contribution < -0.4 is 10.5 Å². The van der Waals surface area contributed by atoms with Crippen LogP contribution >= 0.6 is 15.9 Å². The maximum absolute atomic E-state index is 12.4. The van der Waals surface area contributed by atoms with E-state index in [1.807, 2.05) is 6.92 Å². The van der Waals surface area contributed by atoms with Gasteiger partial charge in [0.1, 0.15) is 0 Å². The Morgan fingerprint density at radius 1 is 1.37 bits per heavy atom. The minimum absolute atomic E-state index is 0.276. The van der Waals surface area contributed by atoms with Crippen LogP contribution in [-0.4, -0.2) is 14.0 Å². The lowest BCUT2D eigenvalue weighted by molar-refractivity contribution is 0.427. The summed E-state index contributed by atoms with van der Waals surface area (Å²) in [5.41, 5.74) is 6.13. The van der Waals surface area contributed by atoms with Gasteiger partial charge in [0.15, 0.2) is 0 Å². The molecule has 0 aliphatic heterocycles. The van der Waals surface area contributed by atoms with Gasteiger partial charge < -0.3 is 5.73 Å². The first-order valence-corrected chi connectivity index (χ1v) is 8.66. The van der Waals surface area contributed by atoms with Gasteiger partial charge >= 0.3 is 0 Å². The Balaban J connectivity index is 2.29. The molecule has 0 saturated heterocycles. The van der Waals surface area contributed by atoms with E-state index in [1.54, 1.807) is 18.2 Å². The summed E-state index contributed by atoms with van der Waals surface area (Å²) in [7, 11) is -3.50. The first kappa shape index (κ1) is 15.0. The lowest BCUT2D eigenvalue weighted by atomic mass is 10.0. The molecule has 106 valence electrons. The lowest BCUT2D eigenvalue weighted by Gasteiger charge is -2.25. The Morgan fingerprint density at radius 3 is 2.53 bits per heavy atom. The van der Waals surface area contributed by atoms with Crippen molar-refractivity contribution in [2.75, 3.05) is 0 Å². The molecule has 0 bridgehead atoms. The number of nitrogens with two attached hydrogens (primary N) is 1. The highest BCUT2D eigenvalue weighted by atomic mass is 79.9. The summed E-state index contributed by atoms with van der Waals surface area (Å²) in [5, 5.41) is 0. The summed E-state index contributed by atoms with van der Waals surface area (Å²) in [6, 6.07) is 5.11. The number of hydrogen-bond acceptors (Lipinski definition) is 3. The molecule has 1 saturated carbocycles. The van der Waals surface area contributed by atoms with E-state index in [0.717, 1.165) is 31.2 Å². The highest BCUT2D eigenvalue weighted by Gasteiger charge is 2.34. The van der Waals surface area contributed by atoms with E-state index in [-0.39, 0.29) is 10.4 Å². The van der Waals surface area contributed by atoms with Crippen LogP contribution in [0.1, 0.15) is 38.2 Å². The number of nitrogens with one attached hydrogen (secondary N) is 1. The number of hydrogen-bond donors (Lipinski definition) is 2. The molecule has 0 aromatic heterocycles. The van der Waals surface area contributed by atoms with Gasteiger partial charge in [0.25, 0.3) is 0 Å². The van der Waals surface area contributed by atoms with E-state index >= 15 is 0 Å². The van der Waals surface area contributed by atoms with Crippen LogP contribution in [0.5, 0.6) is 0 Å². The molecule has 1 aromatic rings. The van der Waals surface area contributed by atoms with Crippen molar-refractivity contribution in [3.8, 4) is 0 Å². The summed E-state index contributed by atoms with van der Waals surface area (Å²) < 4.78 is 28.3. The Kier molecular flexibility index (Phi) is 4.35. The summed E-state index contributed by atoms with van der Waals surface area (Å²) in [4.78, 5) is 0.276. The van der Waals surface area contributed by atoms with Crippen LogP contribution in [0.3, 0.4) is 0 Å². The Morgan fingerprint density at radius 2 is 2.00 bits per heavy atom. The number of halogens is 1. The molecule has 6 heteroatoms. The molecule has 0 unspecified atom stereocenters. The fourth-order valence-electron chi connectivity index (χ4n) is 2.53. The third kappa shape index (κ3) is 3.37. The minimum atomic E-state index is -3.50. The molecular weight excluding hydrogens is 328 g/mol. The molecule has 0 amide bonds. The van der Waals surface area contributed by atoms with Crippen molar-refractivity contribution < 1.29 is 8.42 Å². The third-order valence-corrected chi connectivity index (χ3v) is 6.22. The topological polar surface area (TPSA) is 72.2 Å². The smallest absolute Gasteiger partial charge is 0.242 e. The fourth-order valence-corrected chi connectivity index (χ4v) is 5.12. The lowest BCUT2D eigenvalue weighted by Crippen LogP contribution is -2.43. The van der Waals surface area contributed by atoms with Crippen molar-refractivity contribution in [3.05, 3.63) is 28.2 Å². The summed E-state index contributed by atoms with van der Waals surface area (Å²) in [5.74, 6) is 0. The van der Waals surface area contributed by atoms with Gasteiger partial charge in [0.05, 0.1) is 4.90 Å². The monoisotopic (exact) mass is 346 g/mol. The average Bonchev–Trinajstić information content (AvgIpc) is 2.74. The van der Waals surface area contributed by atoms with E-state index in [1.165, 1.54) is 0 Å². The standard InChI is InChI=1S/C13H19BrN2O2S/c1-13(6-2-3-7-13)16-19(17,18)12-5-4-10(9-15)8-11(12)14/h4-5,8,16H,2-3,6-7,9,15H2,1H3. The van der Waals surface area contributed by atoms with Gasteiger partial charge in [-0.1, -0.05) is 18.9 Å². The molecule has 1 fully saturated rings. The van der Waals surface area contributed by atoms with Gasteiger partial charge in [-0.3, -0.25) is 0 Å². The highest BCUT2D eigenvalue weighted by Crippen LogP contribution is 2.32. The van der Waals surface area contributed by atoms with E-state index in [9.17, 15) is 8.42 Å². The maximum atomic E-state index is 12.4. The first-order chi connectivity index (χ1) is 8.86. The second-order valence-corrected chi connectivity index (χ2v) is 7.85. The molecule has 1 aliphatic carbocycles. The molecule has 19 heavy (non-hydrogen) atoms. The van der Waals surface area contributed by atoms with Crippen LogP contribution in [0.15, 0.2) is 27.6 Å². The molecule has 0 spiro atoms. The molecule has 1 aromatic carbocycles. The number of sulfonamides is 1. The summed E-state index contributed by atoms with van der Waals surface area (Å²) >= 11 is 3.32. The van der Waals surface area contributed by atoms with Crippen molar-refractivity contribution in [2.45, 2.75) is 49.6 Å². The predicted octanol–water partition coefficient (Wildman–Crippen LogP) is 2.52. The molecule has 3 N–H and O–H groups in total. The summed E-state index contributed by atoms with van der Waals surface area (Å²) in [6.45, 7) is 2.36. The van der Waals surface area contributed by atoms with Crippen LogP contribution in [0, 0.1) is 0 Å². The van der Waals surface area contributed by atoms with Gasteiger partial charge in [0.2, 0.25) is 10.0 Å². The zero-order chi connectivity index (χ0) is 14.1. The Bertz CT molecular complexity index is 566. The molecule has 4 nitrogen and oxygen atoms in total. The highest BCUT2D eigenvalue weighted by molar-refractivity contribution is 9.10. The van der Waals surface area contributed by atoms with Gasteiger partial charge in [-0.05, 0) is 53.4 Å². The van der Waals surface area contributed by atoms with Crippen molar-refractivity contribution >= 4 is 26.0 Å². The molecule has 0 atom stereocenters. The van der Waals surface area contributed by atoms with Gasteiger partial charge in [-0.15, -0.1) is 0 Å². The van der Waals surface area contributed by atoms with Crippen molar-refractivity contribution in [2.24, 2.45) is 5.73 Å². The van der Waals surface area contributed by atoms with E-state index in [0.29, 0.717) is 11.0 Å². The largest absolute Gasteiger partial charge is 0.326 e. The predicted molar refractivity (Wildman–Crippen MR) is 79.2 cm³/mol. The number of benzene rings is 1. The quantitative estimate of drug-likeness (QED) is 0.879. The van der Waals surface area contributed by atoms with Gasteiger partial charge in [-0.25, -0.2) is 13.1 Å². The third-order valence-electron chi connectivity index (χ3n) is 3.61. The molecule has 2 rings (SSSR count). The van der Waals surface area contributed by atoms with Crippen LogP contribution in [0.2, 0.25) is 0 Å². The minimum Gasteiger partial charge on any atom is -0.326 e. The zero-order valence-corrected chi connectivity index (χ0v) is 13.4. The first-order valence-electron chi connectivity index (χ1n) is 6.39.